The molecule has 0 amide bonds. The van der Waals surface area contributed by atoms with Crippen molar-refractivity contribution in [3.8, 4) is 0 Å². The molecule has 2 bridgehead atoms. The Kier molecular flexibility index (Phi) is 4.40. The zero-order chi connectivity index (χ0) is 14.8. The van der Waals surface area contributed by atoms with Crippen LogP contribution in [0.5, 0.6) is 0 Å². The van der Waals surface area contributed by atoms with Gasteiger partial charge in [-0.1, -0.05) is 6.92 Å². The molecule has 3 heterocycles. The van der Waals surface area contributed by atoms with Gasteiger partial charge in [0, 0.05) is 44.0 Å². The molecule has 0 N–H and O–H groups in total. The minimum atomic E-state index is 0.485. The molecule has 2 fully saturated rings. The fourth-order valence-electron chi connectivity index (χ4n) is 3.74. The molecule has 5 heteroatoms. The van der Waals surface area contributed by atoms with Crippen LogP contribution < -0.4 is 4.90 Å². The van der Waals surface area contributed by atoms with Gasteiger partial charge in [-0.2, -0.15) is 0 Å². The quantitative estimate of drug-likeness (QED) is 0.848. The van der Waals surface area contributed by atoms with E-state index in [-0.39, 0.29) is 0 Å². The molecule has 2 aliphatic rings. The lowest BCUT2D eigenvalue weighted by atomic mass is 10.1. The highest BCUT2D eigenvalue weighted by Crippen LogP contribution is 2.34. The molecule has 21 heavy (non-hydrogen) atoms. The summed E-state index contributed by atoms with van der Waals surface area (Å²) in [5.41, 5.74) is 1.03. The molecule has 1 aromatic heterocycles. The molecular formula is C16H26N4O. The second-order valence-electron chi connectivity index (χ2n) is 6.19. The number of likely N-dealkylation sites (N-methyl/N-ethyl adjacent to an activating group) is 1. The van der Waals surface area contributed by atoms with Gasteiger partial charge in [-0.3, -0.25) is 0 Å². The van der Waals surface area contributed by atoms with Crippen LogP contribution in [0.3, 0.4) is 0 Å². The average Bonchev–Trinajstić information content (AvgIpc) is 2.74. The Balaban J connectivity index is 1.88. The number of ether oxygens (including phenoxy) is 1. The fourth-order valence-corrected chi connectivity index (χ4v) is 3.74. The first-order valence-corrected chi connectivity index (χ1v) is 8.05. The lowest BCUT2D eigenvalue weighted by Crippen LogP contribution is -2.40. The van der Waals surface area contributed by atoms with E-state index in [9.17, 15) is 0 Å². The van der Waals surface area contributed by atoms with E-state index >= 15 is 0 Å². The van der Waals surface area contributed by atoms with Gasteiger partial charge < -0.3 is 14.5 Å². The topological polar surface area (TPSA) is 41.5 Å². The second-order valence-corrected chi connectivity index (χ2v) is 6.19. The molecule has 116 valence electrons. The van der Waals surface area contributed by atoms with E-state index in [0.29, 0.717) is 18.7 Å². The van der Waals surface area contributed by atoms with Crippen LogP contribution in [0.1, 0.15) is 37.7 Å². The summed E-state index contributed by atoms with van der Waals surface area (Å²) in [7, 11) is 1.69. The van der Waals surface area contributed by atoms with Crippen LogP contribution in [0, 0.1) is 6.92 Å². The predicted octanol–water partition coefficient (Wildman–Crippen LogP) is 1.99. The number of anilines is 1. The normalized spacial score (nSPS) is 26.1. The van der Waals surface area contributed by atoms with Crippen molar-refractivity contribution >= 4 is 5.82 Å². The first kappa shape index (κ1) is 14.7. The van der Waals surface area contributed by atoms with Crippen LogP contribution in [0.4, 0.5) is 5.82 Å². The van der Waals surface area contributed by atoms with Crippen molar-refractivity contribution in [1.82, 2.24) is 14.9 Å². The van der Waals surface area contributed by atoms with Crippen LogP contribution in [0.15, 0.2) is 6.07 Å². The monoisotopic (exact) mass is 290 g/mol. The Morgan fingerprint density at radius 2 is 2.05 bits per heavy atom. The minimum absolute atomic E-state index is 0.485. The zero-order valence-electron chi connectivity index (χ0n) is 13.4. The molecule has 0 saturated carbocycles. The molecule has 0 aromatic carbocycles. The highest BCUT2D eigenvalue weighted by atomic mass is 16.5. The molecule has 5 nitrogen and oxygen atoms in total. The molecule has 0 spiro atoms. The van der Waals surface area contributed by atoms with Crippen molar-refractivity contribution in [1.29, 1.82) is 0 Å². The highest BCUT2D eigenvalue weighted by molar-refractivity contribution is 5.44. The third-order valence-corrected chi connectivity index (χ3v) is 4.74. The molecular weight excluding hydrogens is 264 g/mol. The maximum absolute atomic E-state index is 5.20. The third kappa shape index (κ3) is 3.04. The van der Waals surface area contributed by atoms with E-state index in [1.165, 1.54) is 25.8 Å². The Morgan fingerprint density at radius 3 is 2.81 bits per heavy atom. The van der Waals surface area contributed by atoms with Gasteiger partial charge in [0.25, 0.3) is 0 Å². The Bertz CT molecular complexity index is 493. The lowest BCUT2D eigenvalue weighted by Gasteiger charge is -2.30. The van der Waals surface area contributed by atoms with Gasteiger partial charge in [0.05, 0.1) is 0 Å². The van der Waals surface area contributed by atoms with Gasteiger partial charge in [-0.05, 0) is 32.7 Å². The third-order valence-electron chi connectivity index (χ3n) is 4.74. The molecule has 1 aromatic rings. The number of nitrogens with zero attached hydrogens (tertiary/aromatic N) is 4. The zero-order valence-corrected chi connectivity index (χ0v) is 13.4. The van der Waals surface area contributed by atoms with Crippen LogP contribution >= 0.6 is 0 Å². The summed E-state index contributed by atoms with van der Waals surface area (Å²) in [5.74, 6) is 1.89. The van der Waals surface area contributed by atoms with E-state index in [0.717, 1.165) is 30.4 Å². The highest BCUT2D eigenvalue weighted by Gasteiger charge is 2.37. The molecule has 2 atom stereocenters. The molecule has 3 rings (SSSR count). The number of rotatable bonds is 4. The number of fused-ring (bicyclic) bond motifs is 2. The molecule has 2 saturated heterocycles. The van der Waals surface area contributed by atoms with Gasteiger partial charge in [-0.15, -0.1) is 0 Å². The molecule has 0 aliphatic carbocycles. The minimum Gasteiger partial charge on any atom is -0.377 e. The number of aromatic nitrogens is 2. The summed E-state index contributed by atoms with van der Waals surface area (Å²) in [5, 5.41) is 0. The van der Waals surface area contributed by atoms with Gasteiger partial charge in [-0.25, -0.2) is 9.97 Å². The van der Waals surface area contributed by atoms with Crippen molar-refractivity contribution < 1.29 is 4.74 Å². The summed E-state index contributed by atoms with van der Waals surface area (Å²) >= 11 is 0. The van der Waals surface area contributed by atoms with Crippen LogP contribution in [-0.2, 0) is 11.3 Å². The van der Waals surface area contributed by atoms with E-state index < -0.39 is 0 Å². The van der Waals surface area contributed by atoms with Crippen molar-refractivity contribution in [2.45, 2.75) is 51.8 Å². The Morgan fingerprint density at radius 1 is 1.24 bits per heavy atom. The summed E-state index contributed by atoms with van der Waals surface area (Å²) in [6.07, 6.45) is 3.82. The Hall–Kier alpha value is -1.20. The Labute approximate surface area is 127 Å². The lowest BCUT2D eigenvalue weighted by molar-refractivity contribution is 0.177. The first-order valence-electron chi connectivity index (χ1n) is 8.05. The largest absolute Gasteiger partial charge is 0.377 e. The summed E-state index contributed by atoms with van der Waals surface area (Å²) in [6, 6.07) is 3.37. The predicted molar refractivity (Wildman–Crippen MR) is 83.5 cm³/mol. The number of hydrogen-bond acceptors (Lipinski definition) is 5. The number of methoxy groups -OCH3 is 1. The smallest absolute Gasteiger partial charge is 0.156 e. The maximum Gasteiger partial charge on any atom is 0.156 e. The van der Waals surface area contributed by atoms with E-state index in [1.807, 2.05) is 6.92 Å². The van der Waals surface area contributed by atoms with Gasteiger partial charge >= 0.3 is 0 Å². The average molecular weight is 290 g/mol. The van der Waals surface area contributed by atoms with E-state index in [1.54, 1.807) is 7.11 Å². The van der Waals surface area contributed by atoms with Crippen LogP contribution in [0.2, 0.25) is 0 Å². The van der Waals surface area contributed by atoms with Gasteiger partial charge in [0.1, 0.15) is 12.4 Å². The van der Waals surface area contributed by atoms with Crippen molar-refractivity contribution in [3.63, 3.8) is 0 Å². The van der Waals surface area contributed by atoms with E-state index in [4.69, 9.17) is 9.72 Å². The standard InChI is InChI=1S/C16H26N4O/c1-4-19-8-7-13-5-6-14(10-19)20(13)16-9-12(2)17-15(18-16)11-21-3/h9,13-14H,4-8,10-11H2,1-3H3/t13-,14+/m1/s1. The number of hydrogen-bond donors (Lipinski definition) is 0. The fraction of sp³-hybridized carbons (Fsp3) is 0.750. The second kappa shape index (κ2) is 6.28. The molecule has 0 unspecified atom stereocenters. The summed E-state index contributed by atoms with van der Waals surface area (Å²) in [6.45, 7) is 8.31. The molecule has 2 aliphatic heterocycles. The van der Waals surface area contributed by atoms with Crippen LogP contribution in [-0.4, -0.2) is 53.7 Å². The SMILES string of the molecule is CCN1CC[C@H]2CC[C@@H](C1)N2c1cc(C)nc(COC)n1. The summed E-state index contributed by atoms with van der Waals surface area (Å²) in [4.78, 5) is 14.4. The van der Waals surface area contributed by atoms with Crippen molar-refractivity contribution in [2.24, 2.45) is 0 Å². The van der Waals surface area contributed by atoms with Gasteiger partial charge in [0.2, 0.25) is 0 Å². The number of likely N-dealkylation sites (tertiary alicyclic amines) is 1. The van der Waals surface area contributed by atoms with Crippen LogP contribution in [0.25, 0.3) is 0 Å². The maximum atomic E-state index is 5.20. The number of aryl methyl sites for hydroxylation is 1. The summed E-state index contributed by atoms with van der Waals surface area (Å²) < 4.78 is 5.20. The van der Waals surface area contributed by atoms with Crippen molar-refractivity contribution in [3.05, 3.63) is 17.6 Å². The van der Waals surface area contributed by atoms with Gasteiger partial charge in [0.15, 0.2) is 5.82 Å². The first-order chi connectivity index (χ1) is 10.2. The van der Waals surface area contributed by atoms with Crippen molar-refractivity contribution in [2.75, 3.05) is 31.6 Å². The van der Waals surface area contributed by atoms with E-state index in [2.05, 4.69) is 27.8 Å². The molecule has 0 radical (unpaired) electrons.